The maximum atomic E-state index is 11.7. The SMILES string of the molecule is CCN(CC)Cc1cccc(CNC(=O)C(N)COC)c1.Cl.Cl. The van der Waals surface area contributed by atoms with Gasteiger partial charge in [0.15, 0.2) is 0 Å². The van der Waals surface area contributed by atoms with E-state index in [2.05, 4.69) is 36.2 Å². The molecule has 0 heterocycles. The summed E-state index contributed by atoms with van der Waals surface area (Å²) in [5.74, 6) is -0.189. The van der Waals surface area contributed by atoms with Crippen LogP contribution in [0.25, 0.3) is 0 Å². The van der Waals surface area contributed by atoms with Crippen LogP contribution in [0.1, 0.15) is 25.0 Å². The van der Waals surface area contributed by atoms with E-state index in [0.29, 0.717) is 6.54 Å². The average Bonchev–Trinajstić information content (AvgIpc) is 2.50. The van der Waals surface area contributed by atoms with Gasteiger partial charge in [0.05, 0.1) is 6.61 Å². The zero-order chi connectivity index (χ0) is 15.7. The number of nitrogens with zero attached hydrogens (tertiary/aromatic N) is 1. The summed E-state index contributed by atoms with van der Waals surface area (Å²) in [6, 6.07) is 7.65. The van der Waals surface area contributed by atoms with E-state index >= 15 is 0 Å². The molecule has 3 N–H and O–H groups in total. The number of carbonyl (C=O) groups is 1. The summed E-state index contributed by atoms with van der Waals surface area (Å²) in [6.07, 6.45) is 0. The number of methoxy groups -OCH3 is 1. The molecule has 1 rings (SSSR count). The first-order chi connectivity index (χ1) is 10.1. The first-order valence-corrected chi connectivity index (χ1v) is 7.43. The lowest BCUT2D eigenvalue weighted by Crippen LogP contribution is -2.43. The van der Waals surface area contributed by atoms with Gasteiger partial charge in [-0.15, -0.1) is 24.8 Å². The van der Waals surface area contributed by atoms with Gasteiger partial charge >= 0.3 is 0 Å². The second-order valence-electron chi connectivity index (χ2n) is 5.06. The van der Waals surface area contributed by atoms with Gasteiger partial charge in [-0.3, -0.25) is 9.69 Å². The highest BCUT2D eigenvalue weighted by Crippen LogP contribution is 2.08. The lowest BCUT2D eigenvalue weighted by Gasteiger charge is -2.18. The van der Waals surface area contributed by atoms with E-state index < -0.39 is 6.04 Å². The molecule has 1 aromatic rings. The summed E-state index contributed by atoms with van der Waals surface area (Å²) in [5, 5.41) is 2.83. The Hall–Kier alpha value is -0.850. The molecule has 1 atom stereocenters. The van der Waals surface area contributed by atoms with Crippen molar-refractivity contribution in [3.8, 4) is 0 Å². The normalized spacial score (nSPS) is 11.3. The van der Waals surface area contributed by atoms with Crippen LogP contribution in [0.4, 0.5) is 0 Å². The summed E-state index contributed by atoms with van der Waals surface area (Å²) in [6.45, 7) is 8.02. The van der Waals surface area contributed by atoms with E-state index in [-0.39, 0.29) is 37.3 Å². The number of hydrogen-bond acceptors (Lipinski definition) is 4. The quantitative estimate of drug-likeness (QED) is 0.701. The summed E-state index contributed by atoms with van der Waals surface area (Å²) < 4.78 is 4.87. The van der Waals surface area contributed by atoms with Crippen molar-refractivity contribution >= 4 is 30.7 Å². The summed E-state index contributed by atoms with van der Waals surface area (Å²) >= 11 is 0. The van der Waals surface area contributed by atoms with Gasteiger partial charge in [-0.25, -0.2) is 0 Å². The Morgan fingerprint density at radius 1 is 1.26 bits per heavy atom. The lowest BCUT2D eigenvalue weighted by molar-refractivity contribution is -0.123. The van der Waals surface area contributed by atoms with Crippen LogP contribution in [-0.2, 0) is 22.6 Å². The first kappa shape index (κ1) is 24.4. The van der Waals surface area contributed by atoms with Gasteiger partial charge in [-0.05, 0) is 24.2 Å². The van der Waals surface area contributed by atoms with E-state index in [0.717, 1.165) is 25.2 Å². The Bertz CT molecular complexity index is 443. The molecule has 1 amide bonds. The average molecular weight is 366 g/mol. The molecule has 0 bridgehead atoms. The van der Waals surface area contributed by atoms with Crippen molar-refractivity contribution in [2.24, 2.45) is 5.73 Å². The molecule has 23 heavy (non-hydrogen) atoms. The second-order valence-corrected chi connectivity index (χ2v) is 5.06. The van der Waals surface area contributed by atoms with E-state index in [4.69, 9.17) is 10.5 Å². The van der Waals surface area contributed by atoms with Crippen molar-refractivity contribution in [1.82, 2.24) is 10.2 Å². The third-order valence-corrected chi connectivity index (χ3v) is 3.44. The molecule has 1 unspecified atom stereocenters. The Balaban J connectivity index is 0. The molecule has 1 aromatic carbocycles. The number of rotatable bonds is 9. The molecule has 0 aliphatic rings. The van der Waals surface area contributed by atoms with Crippen LogP contribution in [0.3, 0.4) is 0 Å². The van der Waals surface area contributed by atoms with Gasteiger partial charge in [0.1, 0.15) is 6.04 Å². The predicted molar refractivity (Wildman–Crippen MR) is 99.3 cm³/mol. The number of hydrogen-bond donors (Lipinski definition) is 2. The number of halogens is 2. The molecule has 0 spiro atoms. The van der Waals surface area contributed by atoms with Crippen LogP contribution in [0.15, 0.2) is 24.3 Å². The summed E-state index contributed by atoms with van der Waals surface area (Å²) in [7, 11) is 1.53. The molecule has 5 nitrogen and oxygen atoms in total. The van der Waals surface area contributed by atoms with Crippen molar-refractivity contribution in [3.05, 3.63) is 35.4 Å². The number of nitrogens with one attached hydrogen (secondary N) is 1. The van der Waals surface area contributed by atoms with Crippen LogP contribution < -0.4 is 11.1 Å². The zero-order valence-corrected chi connectivity index (χ0v) is 15.7. The molecule has 0 radical (unpaired) electrons. The van der Waals surface area contributed by atoms with E-state index in [1.165, 1.54) is 12.7 Å². The molecule has 0 saturated heterocycles. The van der Waals surface area contributed by atoms with Crippen LogP contribution in [0.2, 0.25) is 0 Å². The predicted octanol–water partition coefficient (Wildman–Crippen LogP) is 1.96. The minimum Gasteiger partial charge on any atom is -0.383 e. The van der Waals surface area contributed by atoms with Crippen molar-refractivity contribution in [1.29, 1.82) is 0 Å². The van der Waals surface area contributed by atoms with Crippen molar-refractivity contribution < 1.29 is 9.53 Å². The van der Waals surface area contributed by atoms with E-state index in [1.807, 2.05) is 12.1 Å². The smallest absolute Gasteiger partial charge is 0.239 e. The molecular formula is C16H29Cl2N3O2. The molecule has 7 heteroatoms. The Labute approximate surface area is 151 Å². The summed E-state index contributed by atoms with van der Waals surface area (Å²) in [5.41, 5.74) is 8.02. The number of ether oxygens (including phenoxy) is 1. The molecule has 134 valence electrons. The molecule has 0 aliphatic heterocycles. The highest BCUT2D eigenvalue weighted by Gasteiger charge is 2.12. The fraction of sp³-hybridized carbons (Fsp3) is 0.562. The van der Waals surface area contributed by atoms with Gasteiger partial charge in [0.2, 0.25) is 5.91 Å². The minimum atomic E-state index is -0.617. The van der Waals surface area contributed by atoms with Crippen LogP contribution in [0.5, 0.6) is 0 Å². The van der Waals surface area contributed by atoms with Crippen molar-refractivity contribution in [2.45, 2.75) is 33.0 Å². The molecule has 0 fully saturated rings. The van der Waals surface area contributed by atoms with Crippen LogP contribution >= 0.6 is 24.8 Å². The molecule has 0 aromatic heterocycles. The Morgan fingerprint density at radius 3 is 2.43 bits per heavy atom. The lowest BCUT2D eigenvalue weighted by atomic mass is 10.1. The maximum absolute atomic E-state index is 11.7. The third kappa shape index (κ3) is 9.13. The second kappa shape index (κ2) is 13.6. The minimum absolute atomic E-state index is 0. The molecule has 0 saturated carbocycles. The van der Waals surface area contributed by atoms with Gasteiger partial charge in [0.25, 0.3) is 0 Å². The van der Waals surface area contributed by atoms with Gasteiger partial charge < -0.3 is 15.8 Å². The van der Waals surface area contributed by atoms with Gasteiger partial charge in [-0.2, -0.15) is 0 Å². The van der Waals surface area contributed by atoms with Crippen LogP contribution in [-0.4, -0.2) is 43.7 Å². The number of amides is 1. The van der Waals surface area contributed by atoms with Crippen LogP contribution in [0, 0.1) is 0 Å². The van der Waals surface area contributed by atoms with Gasteiger partial charge in [0, 0.05) is 20.2 Å². The third-order valence-electron chi connectivity index (χ3n) is 3.44. The first-order valence-electron chi connectivity index (χ1n) is 7.43. The van der Waals surface area contributed by atoms with E-state index in [1.54, 1.807) is 0 Å². The monoisotopic (exact) mass is 365 g/mol. The topological polar surface area (TPSA) is 67.6 Å². The highest BCUT2D eigenvalue weighted by molar-refractivity contribution is 5.85. The number of nitrogens with two attached hydrogens (primary N) is 1. The van der Waals surface area contributed by atoms with Gasteiger partial charge in [-0.1, -0.05) is 38.1 Å². The fourth-order valence-corrected chi connectivity index (χ4v) is 2.12. The molecular weight excluding hydrogens is 337 g/mol. The number of benzene rings is 1. The zero-order valence-electron chi connectivity index (χ0n) is 14.1. The maximum Gasteiger partial charge on any atom is 0.239 e. The Morgan fingerprint density at radius 2 is 1.87 bits per heavy atom. The molecule has 0 aliphatic carbocycles. The van der Waals surface area contributed by atoms with Crippen molar-refractivity contribution in [2.75, 3.05) is 26.8 Å². The Kier molecular flexibility index (Phi) is 14.4. The largest absolute Gasteiger partial charge is 0.383 e. The summed E-state index contributed by atoms with van der Waals surface area (Å²) in [4.78, 5) is 14.1. The fourth-order valence-electron chi connectivity index (χ4n) is 2.12. The number of carbonyl (C=O) groups excluding carboxylic acids is 1. The highest BCUT2D eigenvalue weighted by atomic mass is 35.5. The van der Waals surface area contributed by atoms with E-state index in [9.17, 15) is 4.79 Å². The van der Waals surface area contributed by atoms with Crippen molar-refractivity contribution in [3.63, 3.8) is 0 Å². The standard InChI is InChI=1S/C16H27N3O2.2ClH/c1-4-19(5-2)11-14-8-6-7-13(9-14)10-18-16(20)15(17)12-21-3;;/h6-9,15H,4-5,10-12,17H2,1-3H3,(H,18,20);2*1H.